The Kier molecular flexibility index (Phi) is 4.18. The number of hydrogen-bond donors (Lipinski definition) is 1. The molecule has 0 saturated carbocycles. The molecule has 0 radical (unpaired) electrons. The molecule has 1 rings (SSSR count). The van der Waals surface area contributed by atoms with Gasteiger partial charge in [0.05, 0.1) is 0 Å². The Labute approximate surface area is 92.7 Å². The van der Waals surface area contributed by atoms with Gasteiger partial charge in [-0.25, -0.2) is 0 Å². The number of rotatable bonds is 3. The Morgan fingerprint density at radius 3 is 2.21 bits per heavy atom. The van der Waals surface area contributed by atoms with Crippen molar-refractivity contribution in [3.8, 4) is 0 Å². The molecule has 0 bridgehead atoms. The Morgan fingerprint density at radius 1 is 1.21 bits per heavy atom. The number of benzene rings is 1. The van der Waals surface area contributed by atoms with Gasteiger partial charge in [0.1, 0.15) is 0 Å². The molecule has 0 saturated heterocycles. The van der Waals surface area contributed by atoms with Crippen molar-refractivity contribution in [1.82, 2.24) is 0 Å². The van der Waals surface area contributed by atoms with Crippen LogP contribution in [0.25, 0.3) is 0 Å². The number of aliphatic hydroxyl groups excluding tert-OH is 1. The van der Waals surface area contributed by atoms with Crippen LogP contribution in [-0.2, 0) is 0 Å². The molecule has 0 spiro atoms. The molecular formula is C12H18OSe. The van der Waals surface area contributed by atoms with Gasteiger partial charge >= 0.3 is 92.5 Å². The maximum atomic E-state index is 9.34. The first-order valence-electron chi connectivity index (χ1n) is 4.86. The van der Waals surface area contributed by atoms with Gasteiger partial charge in [0, 0.05) is 0 Å². The fraction of sp³-hybridized carbons (Fsp3) is 0.500. The second-order valence-corrected chi connectivity index (χ2v) is 7.15. The van der Waals surface area contributed by atoms with Crippen LogP contribution in [0.4, 0.5) is 0 Å². The molecule has 0 aliphatic rings. The van der Waals surface area contributed by atoms with E-state index < -0.39 is 0 Å². The summed E-state index contributed by atoms with van der Waals surface area (Å²) in [7, 11) is 0. The Hall–Kier alpha value is -0.301. The van der Waals surface area contributed by atoms with Gasteiger partial charge in [-0.15, -0.1) is 0 Å². The van der Waals surface area contributed by atoms with Crippen LogP contribution >= 0.6 is 0 Å². The van der Waals surface area contributed by atoms with E-state index in [-0.39, 0.29) is 5.41 Å². The van der Waals surface area contributed by atoms with E-state index in [4.69, 9.17) is 0 Å². The third-order valence-corrected chi connectivity index (χ3v) is 5.69. The van der Waals surface area contributed by atoms with Crippen molar-refractivity contribution >= 4 is 19.4 Å². The Morgan fingerprint density at radius 2 is 1.79 bits per heavy atom. The number of aliphatic hydroxyl groups is 1. The average molecular weight is 257 g/mol. The fourth-order valence-corrected chi connectivity index (χ4v) is 3.40. The van der Waals surface area contributed by atoms with Crippen LogP contribution < -0.4 is 4.46 Å². The molecule has 1 aromatic rings. The van der Waals surface area contributed by atoms with Crippen molar-refractivity contribution in [3.05, 3.63) is 30.3 Å². The summed E-state index contributed by atoms with van der Waals surface area (Å²) in [6, 6.07) is 10.5. The molecular weight excluding hydrogens is 239 g/mol. The quantitative estimate of drug-likeness (QED) is 0.819. The molecule has 1 nitrogen and oxygen atoms in total. The monoisotopic (exact) mass is 258 g/mol. The molecule has 2 heteroatoms. The standard InChI is InChI=1S/C12H18OSe/c1-12(2,3)11(9-13)14-10-7-5-4-6-8-10/h4-8,11,13H,9H2,1-3H3/t11-/m1/s1. The zero-order chi connectivity index (χ0) is 10.6. The predicted molar refractivity (Wildman–Crippen MR) is 62.1 cm³/mol. The summed E-state index contributed by atoms with van der Waals surface area (Å²) in [5.74, 6) is 0. The summed E-state index contributed by atoms with van der Waals surface area (Å²) in [5.41, 5.74) is 0.199. The van der Waals surface area contributed by atoms with E-state index in [1.807, 2.05) is 6.07 Å². The minimum atomic E-state index is 0.199. The summed E-state index contributed by atoms with van der Waals surface area (Å²) >= 11 is 0.369. The van der Waals surface area contributed by atoms with E-state index in [1.54, 1.807) is 0 Å². The molecule has 0 aromatic heterocycles. The van der Waals surface area contributed by atoms with Crippen molar-refractivity contribution in [2.45, 2.75) is 25.6 Å². The first-order chi connectivity index (χ1) is 6.54. The third-order valence-electron chi connectivity index (χ3n) is 2.15. The summed E-state index contributed by atoms with van der Waals surface area (Å²) in [5, 5.41) is 9.34. The second-order valence-electron chi connectivity index (χ2n) is 4.47. The first kappa shape index (κ1) is 11.8. The van der Waals surface area contributed by atoms with Crippen molar-refractivity contribution in [1.29, 1.82) is 0 Å². The van der Waals surface area contributed by atoms with Crippen molar-refractivity contribution < 1.29 is 5.11 Å². The summed E-state index contributed by atoms with van der Waals surface area (Å²) in [4.78, 5) is 0.400. The third kappa shape index (κ3) is 3.45. The molecule has 0 aliphatic carbocycles. The van der Waals surface area contributed by atoms with Crippen molar-refractivity contribution in [2.75, 3.05) is 6.61 Å². The summed E-state index contributed by atoms with van der Waals surface area (Å²) in [6.07, 6.45) is 0. The molecule has 1 aromatic carbocycles. The molecule has 0 fully saturated rings. The maximum absolute atomic E-state index is 9.34. The van der Waals surface area contributed by atoms with E-state index in [9.17, 15) is 5.11 Å². The van der Waals surface area contributed by atoms with Crippen LogP contribution in [0.5, 0.6) is 0 Å². The Bertz CT molecular complexity index is 263. The van der Waals surface area contributed by atoms with Crippen LogP contribution in [0.15, 0.2) is 30.3 Å². The zero-order valence-corrected chi connectivity index (χ0v) is 10.7. The molecule has 0 aliphatic heterocycles. The van der Waals surface area contributed by atoms with E-state index in [0.717, 1.165) is 0 Å². The minimum absolute atomic E-state index is 0.199. The van der Waals surface area contributed by atoms with Gasteiger partial charge in [-0.05, 0) is 0 Å². The normalized spacial score (nSPS) is 14.0. The van der Waals surface area contributed by atoms with Gasteiger partial charge in [-0.2, -0.15) is 0 Å². The molecule has 78 valence electrons. The van der Waals surface area contributed by atoms with E-state index >= 15 is 0 Å². The predicted octanol–water partition coefficient (Wildman–Crippen LogP) is 1.84. The molecule has 1 N–H and O–H groups in total. The number of hydrogen-bond acceptors (Lipinski definition) is 1. The summed E-state index contributed by atoms with van der Waals surface area (Å²) in [6.45, 7) is 6.87. The average Bonchev–Trinajstić information content (AvgIpc) is 2.14. The fourth-order valence-electron chi connectivity index (χ4n) is 1.15. The molecule has 14 heavy (non-hydrogen) atoms. The van der Waals surface area contributed by atoms with Crippen LogP contribution in [0.3, 0.4) is 0 Å². The SMILES string of the molecule is CC(C)(C)[C@@H](CO)[Se]c1ccccc1. The van der Waals surface area contributed by atoms with E-state index in [2.05, 4.69) is 45.0 Å². The van der Waals surface area contributed by atoms with Crippen LogP contribution in [0, 0.1) is 5.41 Å². The molecule has 1 atom stereocenters. The van der Waals surface area contributed by atoms with Crippen LogP contribution in [0.1, 0.15) is 20.8 Å². The molecule has 0 amide bonds. The van der Waals surface area contributed by atoms with Gasteiger partial charge in [-0.3, -0.25) is 0 Å². The van der Waals surface area contributed by atoms with Crippen molar-refractivity contribution in [3.63, 3.8) is 0 Å². The molecule has 0 heterocycles. The zero-order valence-electron chi connectivity index (χ0n) is 9.03. The Balaban J connectivity index is 2.67. The van der Waals surface area contributed by atoms with Gasteiger partial charge < -0.3 is 0 Å². The molecule has 0 unspecified atom stereocenters. The van der Waals surface area contributed by atoms with Crippen LogP contribution in [-0.4, -0.2) is 26.7 Å². The van der Waals surface area contributed by atoms with Gasteiger partial charge in [-0.1, -0.05) is 0 Å². The van der Waals surface area contributed by atoms with E-state index in [1.165, 1.54) is 4.46 Å². The topological polar surface area (TPSA) is 20.2 Å². The van der Waals surface area contributed by atoms with Gasteiger partial charge in [0.2, 0.25) is 0 Å². The van der Waals surface area contributed by atoms with Crippen molar-refractivity contribution in [2.24, 2.45) is 5.41 Å². The van der Waals surface area contributed by atoms with Crippen LogP contribution in [0.2, 0.25) is 4.82 Å². The first-order valence-corrected chi connectivity index (χ1v) is 6.71. The second kappa shape index (κ2) is 4.97. The summed E-state index contributed by atoms with van der Waals surface area (Å²) < 4.78 is 1.37. The van der Waals surface area contributed by atoms with E-state index in [0.29, 0.717) is 26.4 Å². The van der Waals surface area contributed by atoms with Gasteiger partial charge in [0.15, 0.2) is 0 Å². The van der Waals surface area contributed by atoms with Gasteiger partial charge in [0.25, 0.3) is 0 Å².